The molecule has 10 rings (SSSR count). The molecule has 0 saturated carbocycles. The van der Waals surface area contributed by atoms with Gasteiger partial charge in [0.1, 0.15) is 11.2 Å². The van der Waals surface area contributed by atoms with Crippen molar-refractivity contribution in [3.8, 4) is 11.1 Å². The standard InChI is InChI=1S/C43H29NOS/c1-43(2)33-16-9-8-15-30(33)32-25-28(20-22-34(32)43)44(27-12-4-3-5-13-27)35-17-10-18-37-40(35)41-38(46-37)24-21-31-39-29-14-7-6-11-26(29)19-23-36(39)45-42(31)41/h3-25H,1-2H3. The molecule has 2 heterocycles. The Morgan fingerprint density at radius 2 is 1.33 bits per heavy atom. The number of rotatable bonds is 3. The Kier molecular flexibility index (Phi) is 5.25. The summed E-state index contributed by atoms with van der Waals surface area (Å²) in [5, 5.41) is 7.21. The molecule has 0 saturated heterocycles. The first kappa shape index (κ1) is 25.9. The number of hydrogen-bond acceptors (Lipinski definition) is 3. The van der Waals surface area contributed by atoms with Crippen molar-refractivity contribution in [1.82, 2.24) is 0 Å². The normalized spacial score (nSPS) is 13.6. The molecule has 1 aliphatic rings. The predicted molar refractivity (Wildman–Crippen MR) is 196 cm³/mol. The summed E-state index contributed by atoms with van der Waals surface area (Å²) in [6.07, 6.45) is 0. The number of fused-ring (bicyclic) bond motifs is 12. The molecule has 2 nitrogen and oxygen atoms in total. The van der Waals surface area contributed by atoms with E-state index in [4.69, 9.17) is 4.42 Å². The Morgan fingerprint density at radius 3 is 2.24 bits per heavy atom. The average Bonchev–Trinajstić information content (AvgIpc) is 3.74. The van der Waals surface area contributed by atoms with Crippen LogP contribution in [0.4, 0.5) is 17.1 Å². The summed E-state index contributed by atoms with van der Waals surface area (Å²) in [6, 6.07) is 50.8. The van der Waals surface area contributed by atoms with E-state index in [-0.39, 0.29) is 5.41 Å². The second-order valence-corrected chi connectivity index (χ2v) is 14.0. The van der Waals surface area contributed by atoms with Crippen LogP contribution in [0.1, 0.15) is 25.0 Å². The minimum Gasteiger partial charge on any atom is -0.455 e. The largest absolute Gasteiger partial charge is 0.455 e. The van der Waals surface area contributed by atoms with Gasteiger partial charge in [0.25, 0.3) is 0 Å². The number of furan rings is 1. The van der Waals surface area contributed by atoms with Gasteiger partial charge in [-0.15, -0.1) is 11.3 Å². The SMILES string of the molecule is CC1(C)c2ccccc2-c2cc(N(c3ccccc3)c3cccc4sc5ccc6c(oc7ccc8ccccc8c76)c5c34)ccc21. The fourth-order valence-corrected chi connectivity index (χ4v) is 9.05. The Morgan fingerprint density at radius 1 is 0.543 bits per heavy atom. The number of thiophene rings is 1. The maximum absolute atomic E-state index is 6.80. The number of anilines is 3. The first-order chi connectivity index (χ1) is 22.6. The van der Waals surface area contributed by atoms with Crippen LogP contribution in [-0.2, 0) is 5.41 Å². The van der Waals surface area contributed by atoms with E-state index in [2.05, 4.69) is 158 Å². The summed E-state index contributed by atoms with van der Waals surface area (Å²) in [7, 11) is 0. The van der Waals surface area contributed by atoms with Gasteiger partial charge in [0.15, 0.2) is 0 Å². The predicted octanol–water partition coefficient (Wildman–Crippen LogP) is 12.9. The lowest BCUT2D eigenvalue weighted by Crippen LogP contribution is -2.15. The highest BCUT2D eigenvalue weighted by molar-refractivity contribution is 7.26. The molecule has 0 unspecified atom stereocenters. The molecule has 1 aliphatic carbocycles. The van der Waals surface area contributed by atoms with Crippen molar-refractivity contribution in [3.05, 3.63) is 151 Å². The zero-order valence-electron chi connectivity index (χ0n) is 25.5. The van der Waals surface area contributed by atoms with Crippen molar-refractivity contribution in [2.45, 2.75) is 19.3 Å². The average molecular weight is 608 g/mol. The van der Waals surface area contributed by atoms with Gasteiger partial charge < -0.3 is 9.32 Å². The molecule has 7 aromatic carbocycles. The van der Waals surface area contributed by atoms with Crippen LogP contribution in [0.3, 0.4) is 0 Å². The monoisotopic (exact) mass is 607 g/mol. The molecule has 0 amide bonds. The van der Waals surface area contributed by atoms with Crippen molar-refractivity contribution in [2.75, 3.05) is 4.90 Å². The summed E-state index contributed by atoms with van der Waals surface area (Å²) < 4.78 is 9.28. The second-order valence-electron chi connectivity index (χ2n) is 12.9. The number of nitrogens with zero attached hydrogens (tertiary/aromatic N) is 1. The Labute approximate surface area is 270 Å². The van der Waals surface area contributed by atoms with E-state index in [0.717, 1.165) is 33.6 Å². The van der Waals surface area contributed by atoms with Gasteiger partial charge in [-0.05, 0) is 87.6 Å². The van der Waals surface area contributed by atoms with Crippen LogP contribution < -0.4 is 4.90 Å². The van der Waals surface area contributed by atoms with E-state index in [0.29, 0.717) is 0 Å². The first-order valence-corrected chi connectivity index (χ1v) is 16.7. The molecule has 3 heteroatoms. The molecule has 46 heavy (non-hydrogen) atoms. The van der Waals surface area contributed by atoms with Crippen molar-refractivity contribution < 1.29 is 4.42 Å². The van der Waals surface area contributed by atoms with Crippen molar-refractivity contribution in [3.63, 3.8) is 0 Å². The number of benzene rings is 7. The molecule has 0 fully saturated rings. The van der Waals surface area contributed by atoms with E-state index in [1.807, 2.05) is 11.3 Å². The van der Waals surface area contributed by atoms with Crippen LogP contribution >= 0.6 is 11.3 Å². The number of para-hydroxylation sites is 1. The van der Waals surface area contributed by atoms with Gasteiger partial charge >= 0.3 is 0 Å². The maximum atomic E-state index is 6.80. The van der Waals surface area contributed by atoms with Gasteiger partial charge in [0, 0.05) is 47.7 Å². The highest BCUT2D eigenvalue weighted by Crippen LogP contribution is 2.52. The van der Waals surface area contributed by atoms with Crippen LogP contribution in [0.15, 0.2) is 144 Å². The zero-order chi connectivity index (χ0) is 30.6. The molecule has 0 radical (unpaired) electrons. The molecular weight excluding hydrogens is 579 g/mol. The molecule has 218 valence electrons. The lowest BCUT2D eigenvalue weighted by molar-refractivity contribution is 0.660. The highest BCUT2D eigenvalue weighted by Gasteiger charge is 2.35. The van der Waals surface area contributed by atoms with Gasteiger partial charge in [0.2, 0.25) is 0 Å². The molecule has 0 spiro atoms. The van der Waals surface area contributed by atoms with E-state index < -0.39 is 0 Å². The van der Waals surface area contributed by atoms with Crippen molar-refractivity contribution in [2.24, 2.45) is 0 Å². The van der Waals surface area contributed by atoms with Gasteiger partial charge in [-0.25, -0.2) is 0 Å². The Hall–Kier alpha value is -5.38. The van der Waals surface area contributed by atoms with E-state index in [1.165, 1.54) is 58.6 Å². The molecule has 2 aromatic heterocycles. The molecule has 9 aromatic rings. The van der Waals surface area contributed by atoms with Crippen molar-refractivity contribution >= 4 is 81.3 Å². The zero-order valence-corrected chi connectivity index (χ0v) is 26.4. The second kappa shape index (κ2) is 9.32. The lowest BCUT2D eigenvalue weighted by Gasteiger charge is -2.28. The summed E-state index contributed by atoms with van der Waals surface area (Å²) in [6.45, 7) is 4.68. The van der Waals surface area contributed by atoms with Crippen LogP contribution in [0.25, 0.3) is 64.0 Å². The van der Waals surface area contributed by atoms with Gasteiger partial charge in [-0.1, -0.05) is 98.8 Å². The van der Waals surface area contributed by atoms with E-state index >= 15 is 0 Å². The minimum atomic E-state index is -0.0390. The molecule has 0 aliphatic heterocycles. The topological polar surface area (TPSA) is 16.4 Å². The van der Waals surface area contributed by atoms with Crippen LogP contribution in [0.2, 0.25) is 0 Å². The van der Waals surface area contributed by atoms with Crippen molar-refractivity contribution in [1.29, 1.82) is 0 Å². The van der Waals surface area contributed by atoms with Crippen LogP contribution in [0, 0.1) is 0 Å². The fraction of sp³-hybridized carbons (Fsp3) is 0.0698. The lowest BCUT2D eigenvalue weighted by atomic mass is 9.82. The Balaban J connectivity index is 1.29. The Bertz CT molecular complexity index is 2680. The summed E-state index contributed by atoms with van der Waals surface area (Å²) in [5.41, 5.74) is 10.7. The van der Waals surface area contributed by atoms with Gasteiger partial charge in [-0.2, -0.15) is 0 Å². The number of hydrogen-bond donors (Lipinski definition) is 0. The highest BCUT2D eigenvalue weighted by atomic mass is 32.1. The third-order valence-corrected chi connectivity index (χ3v) is 11.2. The van der Waals surface area contributed by atoms with E-state index in [9.17, 15) is 0 Å². The molecule has 0 N–H and O–H groups in total. The molecular formula is C43H29NOS. The van der Waals surface area contributed by atoms with Gasteiger partial charge in [0.05, 0.1) is 5.69 Å². The van der Waals surface area contributed by atoms with Gasteiger partial charge in [-0.3, -0.25) is 0 Å². The summed E-state index contributed by atoms with van der Waals surface area (Å²) >= 11 is 1.84. The quantitative estimate of drug-likeness (QED) is 0.199. The molecule has 0 bridgehead atoms. The molecule has 0 atom stereocenters. The minimum absolute atomic E-state index is 0.0390. The fourth-order valence-electron chi connectivity index (χ4n) is 7.93. The third-order valence-electron chi connectivity index (χ3n) is 10.0. The van der Waals surface area contributed by atoms with Crippen LogP contribution in [0.5, 0.6) is 0 Å². The maximum Gasteiger partial charge on any atom is 0.144 e. The smallest absolute Gasteiger partial charge is 0.144 e. The first-order valence-electron chi connectivity index (χ1n) is 15.9. The van der Waals surface area contributed by atoms with Crippen LogP contribution in [-0.4, -0.2) is 0 Å². The summed E-state index contributed by atoms with van der Waals surface area (Å²) in [4.78, 5) is 2.43. The van der Waals surface area contributed by atoms with E-state index in [1.54, 1.807) is 0 Å². The summed E-state index contributed by atoms with van der Waals surface area (Å²) in [5.74, 6) is 0. The third kappa shape index (κ3) is 3.46.